The Morgan fingerprint density at radius 1 is 1.22 bits per heavy atom. The fourth-order valence-electron chi connectivity index (χ4n) is 1.72. The van der Waals surface area contributed by atoms with Crippen molar-refractivity contribution in [3.05, 3.63) is 29.8 Å². The number of hydrogen-bond acceptors (Lipinski definition) is 1. The number of aryl methyl sites for hydroxylation is 1. The second-order valence-electron chi connectivity index (χ2n) is 4.20. The summed E-state index contributed by atoms with van der Waals surface area (Å²) in [6, 6.07) is 8.10. The minimum absolute atomic E-state index is 0.255. The van der Waals surface area contributed by atoms with Crippen molar-refractivity contribution in [1.82, 2.24) is 0 Å². The predicted octanol–water partition coefficient (Wildman–Crippen LogP) is 4.56. The van der Waals surface area contributed by atoms with E-state index in [0.717, 1.165) is 18.7 Å². The van der Waals surface area contributed by atoms with Crippen molar-refractivity contribution >= 4 is 11.6 Å². The molecular formula is C16H27NO. The summed E-state index contributed by atoms with van der Waals surface area (Å²) in [7, 11) is 0. The first-order valence-electron chi connectivity index (χ1n) is 7.06. The standard InChI is InChI=1S/C11H13NO.C3H8.C2H6/c1-9-4-2-5-10(8-9)12-7-3-6-11(12)13;1-3-2;1-2/h2,4-5,8H,3,6-7H2,1H3;3H2,1-2H3;1-2H3. The first-order valence-corrected chi connectivity index (χ1v) is 7.06. The second-order valence-corrected chi connectivity index (χ2v) is 4.20. The molecule has 1 aliphatic rings. The lowest BCUT2D eigenvalue weighted by atomic mass is 10.2. The molecule has 1 amide bonds. The smallest absolute Gasteiger partial charge is 0.227 e. The van der Waals surface area contributed by atoms with E-state index in [2.05, 4.69) is 19.9 Å². The van der Waals surface area contributed by atoms with E-state index in [-0.39, 0.29) is 5.91 Å². The molecule has 0 unspecified atom stereocenters. The van der Waals surface area contributed by atoms with E-state index in [4.69, 9.17) is 0 Å². The highest BCUT2D eigenvalue weighted by molar-refractivity contribution is 5.95. The summed E-state index contributed by atoms with van der Waals surface area (Å²) in [5.41, 5.74) is 2.25. The van der Waals surface area contributed by atoms with Crippen LogP contribution < -0.4 is 4.90 Å². The van der Waals surface area contributed by atoms with Gasteiger partial charge in [-0.25, -0.2) is 0 Å². The molecule has 0 N–H and O–H groups in total. The van der Waals surface area contributed by atoms with Crippen molar-refractivity contribution in [2.45, 2.75) is 53.9 Å². The Morgan fingerprint density at radius 2 is 1.83 bits per heavy atom. The van der Waals surface area contributed by atoms with Gasteiger partial charge in [0.05, 0.1) is 0 Å². The van der Waals surface area contributed by atoms with E-state index in [0.29, 0.717) is 6.42 Å². The molecule has 102 valence electrons. The quantitative estimate of drug-likeness (QED) is 0.714. The molecule has 0 aromatic heterocycles. The van der Waals surface area contributed by atoms with Gasteiger partial charge in [0.2, 0.25) is 5.91 Å². The van der Waals surface area contributed by atoms with E-state index in [1.54, 1.807) is 0 Å². The zero-order valence-electron chi connectivity index (χ0n) is 12.5. The Hall–Kier alpha value is -1.31. The van der Waals surface area contributed by atoms with Crippen molar-refractivity contribution in [3.8, 4) is 0 Å². The van der Waals surface area contributed by atoms with Gasteiger partial charge in [0, 0.05) is 18.7 Å². The molecule has 2 nitrogen and oxygen atoms in total. The Labute approximate surface area is 112 Å². The fourth-order valence-corrected chi connectivity index (χ4v) is 1.72. The van der Waals surface area contributed by atoms with Crippen LogP contribution in [-0.2, 0) is 4.79 Å². The molecule has 1 fully saturated rings. The van der Waals surface area contributed by atoms with Gasteiger partial charge in [0.15, 0.2) is 0 Å². The molecule has 0 radical (unpaired) electrons. The molecule has 1 aliphatic heterocycles. The monoisotopic (exact) mass is 249 g/mol. The summed E-state index contributed by atoms with van der Waals surface area (Å²) in [6.45, 7) is 11.2. The number of nitrogens with zero attached hydrogens (tertiary/aromatic N) is 1. The first-order chi connectivity index (χ1) is 8.69. The Bertz CT molecular complexity index is 347. The van der Waals surface area contributed by atoms with Crippen LogP contribution in [0.5, 0.6) is 0 Å². The molecule has 2 heteroatoms. The van der Waals surface area contributed by atoms with Gasteiger partial charge >= 0.3 is 0 Å². The zero-order valence-corrected chi connectivity index (χ0v) is 12.5. The van der Waals surface area contributed by atoms with Gasteiger partial charge in [0.25, 0.3) is 0 Å². The highest BCUT2D eigenvalue weighted by Gasteiger charge is 2.21. The maximum absolute atomic E-state index is 11.4. The van der Waals surface area contributed by atoms with Crippen LogP contribution in [0, 0.1) is 6.92 Å². The third kappa shape index (κ3) is 5.35. The molecule has 1 aromatic rings. The lowest BCUT2D eigenvalue weighted by Gasteiger charge is -2.15. The van der Waals surface area contributed by atoms with Crippen molar-refractivity contribution in [2.75, 3.05) is 11.4 Å². The van der Waals surface area contributed by atoms with Gasteiger partial charge in [-0.2, -0.15) is 0 Å². The molecule has 0 atom stereocenters. The summed E-state index contributed by atoms with van der Waals surface area (Å²) in [6.07, 6.45) is 2.95. The minimum atomic E-state index is 0.255. The highest BCUT2D eigenvalue weighted by Crippen LogP contribution is 2.21. The maximum atomic E-state index is 11.4. The number of amides is 1. The fraction of sp³-hybridized carbons (Fsp3) is 0.562. The van der Waals surface area contributed by atoms with Crippen LogP contribution in [0.3, 0.4) is 0 Å². The van der Waals surface area contributed by atoms with Crippen molar-refractivity contribution in [2.24, 2.45) is 0 Å². The van der Waals surface area contributed by atoms with Crippen molar-refractivity contribution in [1.29, 1.82) is 0 Å². The molecule has 0 aliphatic carbocycles. The van der Waals surface area contributed by atoms with E-state index in [1.165, 1.54) is 12.0 Å². The average Bonchev–Trinajstić information content (AvgIpc) is 2.79. The van der Waals surface area contributed by atoms with Crippen molar-refractivity contribution in [3.63, 3.8) is 0 Å². The van der Waals surface area contributed by atoms with E-state index < -0.39 is 0 Å². The van der Waals surface area contributed by atoms with E-state index >= 15 is 0 Å². The minimum Gasteiger partial charge on any atom is -0.312 e. The van der Waals surface area contributed by atoms with E-state index in [9.17, 15) is 4.79 Å². The van der Waals surface area contributed by atoms with Crippen LogP contribution in [0.25, 0.3) is 0 Å². The number of hydrogen-bond donors (Lipinski definition) is 0. The molecule has 0 bridgehead atoms. The van der Waals surface area contributed by atoms with Crippen LogP contribution in [0.4, 0.5) is 5.69 Å². The number of carbonyl (C=O) groups is 1. The number of rotatable bonds is 1. The summed E-state index contributed by atoms with van der Waals surface area (Å²) in [5.74, 6) is 0.255. The van der Waals surface area contributed by atoms with Crippen LogP contribution in [0.2, 0.25) is 0 Å². The zero-order chi connectivity index (χ0) is 14.0. The van der Waals surface area contributed by atoms with E-state index in [1.807, 2.05) is 43.9 Å². The Morgan fingerprint density at radius 3 is 2.28 bits per heavy atom. The maximum Gasteiger partial charge on any atom is 0.227 e. The molecule has 18 heavy (non-hydrogen) atoms. The molecule has 1 aromatic carbocycles. The van der Waals surface area contributed by atoms with Crippen LogP contribution in [0.1, 0.15) is 52.5 Å². The van der Waals surface area contributed by atoms with Crippen LogP contribution >= 0.6 is 0 Å². The first kappa shape index (κ1) is 16.7. The largest absolute Gasteiger partial charge is 0.312 e. The topological polar surface area (TPSA) is 20.3 Å². The highest BCUT2D eigenvalue weighted by atomic mass is 16.2. The summed E-state index contributed by atoms with van der Waals surface area (Å²) in [5, 5.41) is 0. The lowest BCUT2D eigenvalue weighted by Crippen LogP contribution is -2.23. The SMILES string of the molecule is CC.CCC.Cc1cccc(N2CCCC2=O)c1. The molecule has 0 spiro atoms. The van der Waals surface area contributed by atoms with Gasteiger partial charge in [-0.1, -0.05) is 46.2 Å². The molecule has 1 saturated heterocycles. The summed E-state index contributed by atoms with van der Waals surface area (Å²) < 4.78 is 0. The molecule has 0 saturated carbocycles. The normalized spacial score (nSPS) is 13.4. The summed E-state index contributed by atoms with van der Waals surface area (Å²) in [4.78, 5) is 13.3. The predicted molar refractivity (Wildman–Crippen MR) is 80.1 cm³/mol. The van der Waals surface area contributed by atoms with Gasteiger partial charge < -0.3 is 4.90 Å². The van der Waals surface area contributed by atoms with Gasteiger partial charge in [0.1, 0.15) is 0 Å². The number of carbonyl (C=O) groups excluding carboxylic acids is 1. The number of anilines is 1. The van der Waals surface area contributed by atoms with Crippen molar-refractivity contribution < 1.29 is 4.79 Å². The number of benzene rings is 1. The Kier molecular flexibility index (Phi) is 8.99. The molecule has 1 heterocycles. The molecule has 2 rings (SSSR count). The van der Waals surface area contributed by atoms with Crippen LogP contribution in [0.15, 0.2) is 24.3 Å². The Balaban J connectivity index is 0.000000509. The third-order valence-corrected chi connectivity index (χ3v) is 2.39. The summed E-state index contributed by atoms with van der Waals surface area (Å²) >= 11 is 0. The van der Waals surface area contributed by atoms with Crippen LogP contribution in [-0.4, -0.2) is 12.5 Å². The lowest BCUT2D eigenvalue weighted by molar-refractivity contribution is -0.117. The molecular weight excluding hydrogens is 222 g/mol. The average molecular weight is 249 g/mol. The van der Waals surface area contributed by atoms with Gasteiger partial charge in [-0.05, 0) is 31.0 Å². The second kappa shape index (κ2) is 9.69. The van der Waals surface area contributed by atoms with Gasteiger partial charge in [-0.15, -0.1) is 0 Å². The van der Waals surface area contributed by atoms with Gasteiger partial charge in [-0.3, -0.25) is 4.79 Å². The third-order valence-electron chi connectivity index (χ3n) is 2.39.